The molecule has 0 bridgehead atoms. The minimum Gasteiger partial charge on any atom is -0.481 e. The van der Waals surface area contributed by atoms with Gasteiger partial charge in [0.2, 0.25) is 12.7 Å². The number of aliphatic carboxylic acids is 1. The van der Waals surface area contributed by atoms with Gasteiger partial charge in [0.05, 0.1) is 12.5 Å². The molecule has 0 saturated carbocycles. The van der Waals surface area contributed by atoms with E-state index in [0.717, 1.165) is 65.6 Å². The van der Waals surface area contributed by atoms with Gasteiger partial charge in [0, 0.05) is 24.2 Å². The number of fused-ring (bicyclic) bond motifs is 1. The third kappa shape index (κ3) is 6.28. The highest BCUT2D eigenvalue weighted by atomic mass is 16.7. The van der Waals surface area contributed by atoms with Crippen LogP contribution in [0.4, 0.5) is 5.69 Å². The largest absolute Gasteiger partial charge is 0.481 e. The molecular weight excluding hydrogens is 540 g/mol. The molecule has 228 valence electrons. The van der Waals surface area contributed by atoms with Crippen molar-refractivity contribution in [2.75, 3.05) is 25.2 Å². The average Bonchev–Trinajstić information content (AvgIpc) is 3.63. The minimum absolute atomic E-state index is 0.0896. The van der Waals surface area contributed by atoms with Gasteiger partial charge in [-0.15, -0.1) is 0 Å². The topological polar surface area (TPSA) is 88.1 Å². The van der Waals surface area contributed by atoms with E-state index in [0.29, 0.717) is 18.0 Å². The molecule has 1 unspecified atom stereocenters. The van der Waals surface area contributed by atoms with Gasteiger partial charge in [-0.05, 0) is 79.0 Å². The Balaban J connectivity index is 1.50. The molecular formula is C36H44N2O5. The molecule has 0 radical (unpaired) electrons. The fourth-order valence-corrected chi connectivity index (χ4v) is 6.92. The van der Waals surface area contributed by atoms with Crippen molar-refractivity contribution in [2.45, 2.75) is 78.7 Å². The number of nitrogens with zero attached hydrogens (tertiary/aromatic N) is 1. The predicted octanol–water partition coefficient (Wildman–Crippen LogP) is 6.98. The molecule has 1 fully saturated rings. The fourth-order valence-electron chi connectivity index (χ4n) is 6.92. The van der Waals surface area contributed by atoms with Crippen molar-refractivity contribution in [1.29, 1.82) is 0 Å². The van der Waals surface area contributed by atoms with Gasteiger partial charge in [-0.2, -0.15) is 0 Å². The number of hydrogen-bond acceptors (Lipinski definition) is 5. The maximum atomic E-state index is 13.7. The summed E-state index contributed by atoms with van der Waals surface area (Å²) in [5.74, 6) is -0.729. The molecule has 3 aromatic rings. The van der Waals surface area contributed by atoms with E-state index in [4.69, 9.17) is 9.47 Å². The maximum absolute atomic E-state index is 13.7. The number of carboxylic acids is 1. The number of carbonyl (C=O) groups is 2. The predicted molar refractivity (Wildman–Crippen MR) is 169 cm³/mol. The Morgan fingerprint density at radius 1 is 0.977 bits per heavy atom. The summed E-state index contributed by atoms with van der Waals surface area (Å²) in [6.07, 6.45) is 4.84. The van der Waals surface area contributed by atoms with E-state index in [1.165, 1.54) is 11.1 Å². The third-order valence-electron chi connectivity index (χ3n) is 9.07. The first-order valence-electron chi connectivity index (χ1n) is 15.6. The van der Waals surface area contributed by atoms with E-state index in [9.17, 15) is 14.7 Å². The second-order valence-electron chi connectivity index (χ2n) is 11.9. The van der Waals surface area contributed by atoms with Crippen LogP contribution in [0.3, 0.4) is 0 Å². The first-order valence-corrected chi connectivity index (χ1v) is 15.6. The molecule has 43 heavy (non-hydrogen) atoms. The summed E-state index contributed by atoms with van der Waals surface area (Å²) in [4.78, 5) is 28.9. The summed E-state index contributed by atoms with van der Waals surface area (Å²) in [5, 5.41) is 13.9. The molecule has 1 amide bonds. The molecule has 2 aliphatic heterocycles. The lowest BCUT2D eigenvalue weighted by Crippen LogP contribution is -2.35. The van der Waals surface area contributed by atoms with Gasteiger partial charge in [-0.3, -0.25) is 14.5 Å². The normalized spacial score (nSPS) is 19.5. The summed E-state index contributed by atoms with van der Waals surface area (Å²) >= 11 is 0. The van der Waals surface area contributed by atoms with Crippen LogP contribution >= 0.6 is 0 Å². The van der Waals surface area contributed by atoms with Crippen molar-refractivity contribution in [1.82, 2.24) is 4.90 Å². The van der Waals surface area contributed by atoms with Crippen LogP contribution in [0.2, 0.25) is 0 Å². The van der Waals surface area contributed by atoms with E-state index in [1.54, 1.807) is 0 Å². The van der Waals surface area contributed by atoms with Crippen LogP contribution in [0, 0.1) is 19.8 Å². The van der Waals surface area contributed by atoms with Crippen LogP contribution in [0.25, 0.3) is 0 Å². The van der Waals surface area contributed by atoms with Crippen molar-refractivity contribution in [3.63, 3.8) is 0 Å². The SMILES string of the molecule is CCCCc1ccc([C@H]2C(C(=O)O)[C@@H](c3ccc4c(c3C)OCO4)CN2CC(=O)Nc2c(CC)cc(C)cc2CC)cc1. The standard InChI is InChI=1S/C36H44N2O5/c1-6-9-10-24-11-13-27(14-12-24)34-32(36(40)41)29(28-15-16-30-35(23(28)5)43-21-42-30)19-38(34)20-31(39)37-33-25(7-2)17-22(4)18-26(33)8-3/h11-18,29,32,34H,6-10,19-21H2,1-5H3,(H,37,39)(H,40,41)/t29-,32?,34+/m1/s1. The van der Waals surface area contributed by atoms with Crippen molar-refractivity contribution in [3.05, 3.63) is 87.5 Å². The molecule has 7 nitrogen and oxygen atoms in total. The molecule has 7 heteroatoms. The van der Waals surface area contributed by atoms with Crippen molar-refractivity contribution < 1.29 is 24.2 Å². The number of ether oxygens (including phenoxy) is 2. The Morgan fingerprint density at radius 3 is 2.30 bits per heavy atom. The van der Waals surface area contributed by atoms with Gasteiger partial charge in [0.25, 0.3) is 0 Å². The second-order valence-corrected chi connectivity index (χ2v) is 11.9. The lowest BCUT2D eigenvalue weighted by molar-refractivity contribution is -0.143. The summed E-state index contributed by atoms with van der Waals surface area (Å²) in [5.41, 5.74) is 8.26. The van der Waals surface area contributed by atoms with Gasteiger partial charge in [0.15, 0.2) is 11.5 Å². The zero-order valence-electron chi connectivity index (χ0n) is 26.0. The lowest BCUT2D eigenvalue weighted by atomic mass is 9.81. The van der Waals surface area contributed by atoms with Gasteiger partial charge in [-0.1, -0.05) is 75.2 Å². The van der Waals surface area contributed by atoms with E-state index in [1.807, 2.05) is 19.1 Å². The third-order valence-corrected chi connectivity index (χ3v) is 9.07. The smallest absolute Gasteiger partial charge is 0.309 e. The highest BCUT2D eigenvalue weighted by molar-refractivity contribution is 5.94. The minimum atomic E-state index is -0.870. The van der Waals surface area contributed by atoms with Gasteiger partial charge in [-0.25, -0.2) is 0 Å². The Bertz CT molecular complexity index is 1460. The first-order chi connectivity index (χ1) is 20.7. The second kappa shape index (κ2) is 13.2. The van der Waals surface area contributed by atoms with Crippen LogP contribution in [0.15, 0.2) is 48.5 Å². The summed E-state index contributed by atoms with van der Waals surface area (Å²) in [7, 11) is 0. The van der Waals surface area contributed by atoms with Gasteiger partial charge >= 0.3 is 5.97 Å². The average molecular weight is 585 g/mol. The Kier molecular flexibility index (Phi) is 9.40. The number of nitrogens with one attached hydrogen (secondary N) is 1. The number of hydrogen-bond donors (Lipinski definition) is 2. The van der Waals surface area contributed by atoms with Crippen molar-refractivity contribution in [3.8, 4) is 11.5 Å². The number of anilines is 1. The molecule has 0 aliphatic carbocycles. The van der Waals surface area contributed by atoms with E-state index >= 15 is 0 Å². The first kappa shape index (κ1) is 30.6. The monoisotopic (exact) mass is 584 g/mol. The summed E-state index contributed by atoms with van der Waals surface area (Å²) in [6, 6.07) is 15.9. The Hall–Kier alpha value is -3.84. The number of rotatable bonds is 11. The summed E-state index contributed by atoms with van der Waals surface area (Å²) < 4.78 is 11.3. The molecule has 0 aromatic heterocycles. The zero-order valence-corrected chi connectivity index (χ0v) is 26.0. The van der Waals surface area contributed by atoms with Crippen LogP contribution in [-0.2, 0) is 28.9 Å². The fraction of sp³-hybridized carbons (Fsp3) is 0.444. The number of carboxylic acid groups (broad SMARTS) is 1. The number of carbonyl (C=O) groups excluding carboxylic acids is 1. The number of unbranched alkanes of at least 4 members (excludes halogenated alkanes) is 1. The van der Waals surface area contributed by atoms with E-state index in [-0.39, 0.29) is 25.2 Å². The van der Waals surface area contributed by atoms with Crippen LogP contribution in [0.1, 0.15) is 84.5 Å². The number of benzene rings is 3. The molecule has 3 atom stereocenters. The van der Waals surface area contributed by atoms with Gasteiger partial charge < -0.3 is 19.9 Å². The highest BCUT2D eigenvalue weighted by Crippen LogP contribution is 2.49. The number of likely N-dealkylation sites (tertiary alicyclic amines) is 1. The molecule has 1 saturated heterocycles. The molecule has 0 spiro atoms. The number of aryl methyl sites for hydroxylation is 4. The molecule has 3 aromatic carbocycles. The Labute approximate surface area is 255 Å². The van der Waals surface area contributed by atoms with E-state index < -0.39 is 17.9 Å². The van der Waals surface area contributed by atoms with E-state index in [2.05, 4.69) is 74.3 Å². The van der Waals surface area contributed by atoms with Crippen LogP contribution in [-0.4, -0.2) is 41.8 Å². The Morgan fingerprint density at radius 2 is 1.67 bits per heavy atom. The van der Waals surface area contributed by atoms with Crippen molar-refractivity contribution >= 4 is 17.6 Å². The maximum Gasteiger partial charge on any atom is 0.309 e. The molecule has 2 aliphatic rings. The quantitative estimate of drug-likeness (QED) is 0.253. The molecule has 2 N–H and O–H groups in total. The lowest BCUT2D eigenvalue weighted by Gasteiger charge is -2.27. The highest BCUT2D eigenvalue weighted by Gasteiger charge is 2.48. The zero-order chi connectivity index (χ0) is 30.7. The van der Waals surface area contributed by atoms with Gasteiger partial charge in [0.1, 0.15) is 0 Å². The summed E-state index contributed by atoms with van der Waals surface area (Å²) in [6.45, 7) is 11.1. The molecule has 5 rings (SSSR count). The van der Waals surface area contributed by atoms with Crippen molar-refractivity contribution in [2.24, 2.45) is 5.92 Å². The van der Waals surface area contributed by atoms with Crippen LogP contribution < -0.4 is 14.8 Å². The number of amides is 1. The molecule has 2 heterocycles. The van der Waals surface area contributed by atoms with Crippen LogP contribution in [0.5, 0.6) is 11.5 Å².